The Morgan fingerprint density at radius 1 is 1.35 bits per heavy atom. The molecule has 0 aromatic heterocycles. The van der Waals surface area contributed by atoms with Crippen molar-refractivity contribution in [3.63, 3.8) is 0 Å². The molecule has 0 saturated carbocycles. The Balaban J connectivity index is 0.00000180. The Morgan fingerprint density at radius 2 is 2.00 bits per heavy atom. The number of halogens is 4. The zero-order chi connectivity index (χ0) is 13.0. The van der Waals surface area contributed by atoms with Gasteiger partial charge in [0.1, 0.15) is 5.82 Å². The number of nitrogens with zero attached hydrogens (tertiary/aromatic N) is 2. The maximum absolute atomic E-state index is 13.2. The van der Waals surface area contributed by atoms with Gasteiger partial charge in [-0.25, -0.2) is 4.39 Å². The van der Waals surface area contributed by atoms with Crippen molar-refractivity contribution in [1.29, 1.82) is 5.26 Å². The highest BCUT2D eigenvalue weighted by Crippen LogP contribution is 2.27. The van der Waals surface area contributed by atoms with Crippen LogP contribution in [0.2, 0.25) is 5.02 Å². The van der Waals surface area contributed by atoms with E-state index in [9.17, 15) is 4.39 Å². The van der Waals surface area contributed by atoms with E-state index in [2.05, 4.69) is 16.3 Å². The van der Waals surface area contributed by atoms with Gasteiger partial charge in [0.05, 0.1) is 17.5 Å². The Hall–Kier alpha value is -0.570. The predicted molar refractivity (Wildman–Crippen MR) is 83.3 cm³/mol. The van der Waals surface area contributed by atoms with Gasteiger partial charge in [-0.2, -0.15) is 5.26 Å². The van der Waals surface area contributed by atoms with E-state index in [1.807, 2.05) is 0 Å². The second-order valence-corrected chi connectivity index (χ2v) is 4.74. The second kappa shape index (κ2) is 9.38. The minimum absolute atomic E-state index is 0. The summed E-state index contributed by atoms with van der Waals surface area (Å²) in [6, 6.07) is 6.90. The van der Waals surface area contributed by atoms with Gasteiger partial charge in [-0.1, -0.05) is 17.7 Å². The molecule has 0 spiro atoms. The molecule has 112 valence electrons. The van der Waals surface area contributed by atoms with E-state index in [1.54, 1.807) is 12.1 Å². The van der Waals surface area contributed by atoms with Gasteiger partial charge in [0.15, 0.2) is 0 Å². The molecule has 0 unspecified atom stereocenters. The highest BCUT2D eigenvalue weighted by molar-refractivity contribution is 6.30. The molecule has 0 aliphatic carbocycles. The fraction of sp³-hybridized carbons (Fsp3) is 0.462. The van der Waals surface area contributed by atoms with Crippen molar-refractivity contribution < 1.29 is 4.39 Å². The fourth-order valence-corrected chi connectivity index (χ4v) is 2.45. The summed E-state index contributed by atoms with van der Waals surface area (Å²) in [6.45, 7) is 3.61. The van der Waals surface area contributed by atoms with Crippen LogP contribution in [0.15, 0.2) is 18.2 Å². The van der Waals surface area contributed by atoms with Crippen LogP contribution in [0.1, 0.15) is 18.0 Å². The van der Waals surface area contributed by atoms with Crippen molar-refractivity contribution in [3.8, 4) is 6.07 Å². The number of hydrogen-bond acceptors (Lipinski definition) is 3. The van der Waals surface area contributed by atoms with Gasteiger partial charge in [-0.3, -0.25) is 4.90 Å². The third kappa shape index (κ3) is 4.76. The minimum atomic E-state index is -0.420. The monoisotopic (exact) mass is 339 g/mol. The summed E-state index contributed by atoms with van der Waals surface area (Å²) < 4.78 is 13.2. The first kappa shape index (κ1) is 19.4. The lowest BCUT2D eigenvalue weighted by Crippen LogP contribution is -2.45. The van der Waals surface area contributed by atoms with Crippen LogP contribution in [0.3, 0.4) is 0 Å². The molecular formula is C13H17Cl3FN3. The van der Waals surface area contributed by atoms with Crippen molar-refractivity contribution in [2.45, 2.75) is 12.5 Å². The zero-order valence-corrected chi connectivity index (χ0v) is 13.2. The number of piperazine rings is 1. The van der Waals surface area contributed by atoms with Crippen LogP contribution >= 0.6 is 36.4 Å². The van der Waals surface area contributed by atoms with Crippen molar-refractivity contribution in [2.75, 3.05) is 26.2 Å². The molecule has 1 N–H and O–H groups in total. The van der Waals surface area contributed by atoms with Gasteiger partial charge in [0.25, 0.3) is 0 Å². The van der Waals surface area contributed by atoms with Gasteiger partial charge in [0.2, 0.25) is 0 Å². The largest absolute Gasteiger partial charge is 0.314 e. The topological polar surface area (TPSA) is 39.1 Å². The average molecular weight is 341 g/mol. The van der Waals surface area contributed by atoms with Crippen LogP contribution in [0, 0.1) is 17.1 Å². The van der Waals surface area contributed by atoms with Crippen molar-refractivity contribution in [1.82, 2.24) is 10.2 Å². The molecular weight excluding hydrogens is 324 g/mol. The first-order valence-electron chi connectivity index (χ1n) is 5.99. The third-order valence-corrected chi connectivity index (χ3v) is 3.50. The van der Waals surface area contributed by atoms with E-state index < -0.39 is 5.82 Å². The number of nitriles is 1. The summed E-state index contributed by atoms with van der Waals surface area (Å²) in [5.74, 6) is -0.420. The molecule has 7 heteroatoms. The van der Waals surface area contributed by atoms with Crippen molar-refractivity contribution in [2.24, 2.45) is 0 Å². The quantitative estimate of drug-likeness (QED) is 0.918. The minimum Gasteiger partial charge on any atom is -0.314 e. The average Bonchev–Trinajstić information content (AvgIpc) is 2.40. The maximum Gasteiger partial charge on any atom is 0.141 e. The molecule has 0 amide bonds. The highest BCUT2D eigenvalue weighted by atomic mass is 35.5. The van der Waals surface area contributed by atoms with E-state index in [4.69, 9.17) is 16.9 Å². The molecule has 1 saturated heterocycles. The van der Waals surface area contributed by atoms with Crippen LogP contribution in [-0.4, -0.2) is 31.1 Å². The van der Waals surface area contributed by atoms with Gasteiger partial charge < -0.3 is 5.32 Å². The lowest BCUT2D eigenvalue weighted by Gasteiger charge is -2.34. The summed E-state index contributed by atoms with van der Waals surface area (Å²) in [5.41, 5.74) is 0.907. The molecule has 0 bridgehead atoms. The standard InChI is InChI=1S/C13H15ClFN3.2ClH/c14-11-9-10(1-2-12(11)15)13(3-4-16)18-7-5-17-6-8-18;;/h1-2,9,13,17H,3,5-8H2;2*1H/t13-;;/m1../s1. The normalized spacial score (nSPS) is 16.4. The molecule has 2 rings (SSSR count). The van der Waals surface area contributed by atoms with E-state index in [-0.39, 0.29) is 35.9 Å². The van der Waals surface area contributed by atoms with Crippen LogP contribution in [0.5, 0.6) is 0 Å². The van der Waals surface area contributed by atoms with Crippen molar-refractivity contribution >= 4 is 36.4 Å². The van der Waals surface area contributed by atoms with E-state index in [0.717, 1.165) is 31.7 Å². The van der Waals surface area contributed by atoms with Crippen LogP contribution < -0.4 is 5.32 Å². The predicted octanol–water partition coefficient (Wildman–Crippen LogP) is 3.18. The van der Waals surface area contributed by atoms with Crippen LogP contribution in [0.4, 0.5) is 4.39 Å². The third-order valence-electron chi connectivity index (χ3n) is 3.21. The molecule has 1 fully saturated rings. The molecule has 0 radical (unpaired) electrons. The molecule has 1 aromatic carbocycles. The van der Waals surface area contributed by atoms with E-state index >= 15 is 0 Å². The molecule has 1 heterocycles. The Kier molecular flexibility index (Phi) is 9.11. The first-order valence-corrected chi connectivity index (χ1v) is 6.37. The first-order chi connectivity index (χ1) is 8.72. The Bertz CT molecular complexity index is 459. The highest BCUT2D eigenvalue weighted by Gasteiger charge is 2.22. The Morgan fingerprint density at radius 3 is 2.55 bits per heavy atom. The lowest BCUT2D eigenvalue weighted by atomic mass is 10.0. The molecule has 1 aromatic rings. The number of rotatable bonds is 3. The van der Waals surface area contributed by atoms with Gasteiger partial charge in [-0.05, 0) is 17.7 Å². The summed E-state index contributed by atoms with van der Waals surface area (Å²) in [6.07, 6.45) is 0.391. The van der Waals surface area contributed by atoms with Gasteiger partial charge >= 0.3 is 0 Å². The van der Waals surface area contributed by atoms with Gasteiger partial charge in [-0.15, -0.1) is 24.8 Å². The van der Waals surface area contributed by atoms with E-state index in [0.29, 0.717) is 6.42 Å². The summed E-state index contributed by atoms with van der Waals surface area (Å²) in [4.78, 5) is 2.24. The van der Waals surface area contributed by atoms with E-state index in [1.165, 1.54) is 6.07 Å². The fourth-order valence-electron chi connectivity index (χ4n) is 2.26. The molecule has 1 aliphatic rings. The molecule has 1 aliphatic heterocycles. The maximum atomic E-state index is 13.2. The number of benzene rings is 1. The summed E-state index contributed by atoms with van der Waals surface area (Å²) in [7, 11) is 0. The smallest absolute Gasteiger partial charge is 0.141 e. The molecule has 1 atom stereocenters. The number of nitrogens with one attached hydrogen (secondary N) is 1. The molecule has 3 nitrogen and oxygen atoms in total. The second-order valence-electron chi connectivity index (χ2n) is 4.34. The Labute approximate surface area is 135 Å². The van der Waals surface area contributed by atoms with Gasteiger partial charge in [0, 0.05) is 32.2 Å². The lowest BCUT2D eigenvalue weighted by molar-refractivity contribution is 0.175. The summed E-state index contributed by atoms with van der Waals surface area (Å²) >= 11 is 5.81. The van der Waals surface area contributed by atoms with Crippen LogP contribution in [-0.2, 0) is 0 Å². The zero-order valence-electron chi connectivity index (χ0n) is 10.8. The molecule has 20 heavy (non-hydrogen) atoms. The number of hydrogen-bond donors (Lipinski definition) is 1. The van der Waals surface area contributed by atoms with Crippen LogP contribution in [0.25, 0.3) is 0 Å². The van der Waals surface area contributed by atoms with Crippen molar-refractivity contribution in [3.05, 3.63) is 34.6 Å². The SMILES string of the molecule is Cl.Cl.N#CC[C@H](c1ccc(F)c(Cl)c1)N1CCNCC1. The summed E-state index contributed by atoms with van der Waals surface area (Å²) in [5, 5.41) is 12.3.